The Kier molecular flexibility index (Phi) is 15.6. The quantitative estimate of drug-likeness (QED) is 0.0457. The van der Waals surface area contributed by atoms with Crippen molar-refractivity contribution in [2.45, 2.75) is 76.4 Å². The monoisotopic (exact) mass is 672 g/mol. The Morgan fingerprint density at radius 1 is 0.826 bits per heavy atom. The summed E-state index contributed by atoms with van der Waals surface area (Å²) >= 11 is 7.93. The molecule has 0 radical (unpaired) electrons. The van der Waals surface area contributed by atoms with Gasteiger partial charge in [0.05, 0.1) is 17.6 Å². The van der Waals surface area contributed by atoms with E-state index >= 15 is 0 Å². The van der Waals surface area contributed by atoms with E-state index in [1.165, 1.54) is 47.7 Å². The molecule has 0 aliphatic rings. The van der Waals surface area contributed by atoms with Crippen LogP contribution in [0.5, 0.6) is 0 Å². The Bertz CT molecular complexity index is 1290. The van der Waals surface area contributed by atoms with Gasteiger partial charge in [0.25, 0.3) is 5.69 Å². The van der Waals surface area contributed by atoms with Crippen LogP contribution in [0.1, 0.15) is 75.9 Å². The number of nitro groups is 1. The van der Waals surface area contributed by atoms with Gasteiger partial charge in [-0.2, -0.15) is 0 Å². The molecule has 0 aliphatic heterocycles. The average molecular weight is 673 g/mol. The third-order valence-electron chi connectivity index (χ3n) is 8.86. The van der Waals surface area contributed by atoms with Crippen molar-refractivity contribution in [1.29, 1.82) is 0 Å². The van der Waals surface area contributed by atoms with Crippen molar-refractivity contribution < 1.29 is 24.7 Å². The van der Waals surface area contributed by atoms with Crippen LogP contribution < -0.4 is 15.9 Å². The van der Waals surface area contributed by atoms with Crippen molar-refractivity contribution >= 4 is 39.4 Å². The van der Waals surface area contributed by atoms with E-state index < -0.39 is 29.6 Å². The summed E-state index contributed by atoms with van der Waals surface area (Å²) in [6.45, 7) is 0.183. The van der Waals surface area contributed by atoms with Crippen LogP contribution in [0.4, 0.5) is 5.69 Å². The van der Waals surface area contributed by atoms with E-state index in [1.807, 2.05) is 12.1 Å². The summed E-state index contributed by atoms with van der Waals surface area (Å²) < 4.78 is 5.56. The van der Waals surface area contributed by atoms with Crippen LogP contribution in [0, 0.1) is 10.1 Å². The molecule has 0 unspecified atom stereocenters. The molecule has 3 N–H and O–H groups in total. The number of aliphatic hydroxyl groups excluding tert-OH is 2. The zero-order valence-corrected chi connectivity index (χ0v) is 28.6. The molecule has 0 saturated heterocycles. The summed E-state index contributed by atoms with van der Waals surface area (Å²) in [6.07, 6.45) is 10.5. The predicted octanol–water partition coefficient (Wildman–Crippen LogP) is 7.01. The number of unbranched alkanes of at least 4 members (excludes halogenated alkanes) is 8. The van der Waals surface area contributed by atoms with Crippen molar-refractivity contribution in [2.24, 2.45) is 0 Å². The Hall–Kier alpha value is -2.87. The third-order valence-corrected chi connectivity index (χ3v) is 16.4. The van der Waals surface area contributed by atoms with E-state index in [1.54, 1.807) is 7.11 Å². The summed E-state index contributed by atoms with van der Waals surface area (Å²) in [5.74, 6) is -3.18. The second-order valence-corrected chi connectivity index (χ2v) is 19.2. The average Bonchev–Trinajstić information content (AvgIpc) is 3.09. The van der Waals surface area contributed by atoms with Crippen molar-refractivity contribution in [2.75, 3.05) is 32.6 Å². The molecule has 0 heterocycles. The molecule has 0 aromatic heterocycles. The van der Waals surface area contributed by atoms with Crippen LogP contribution in [0.15, 0.2) is 84.9 Å². The molecule has 8 nitrogen and oxygen atoms in total. The normalized spacial score (nSPS) is 13.8. The fourth-order valence-electron chi connectivity index (χ4n) is 6.09. The number of halogens is 1. The summed E-state index contributed by atoms with van der Waals surface area (Å²) in [6, 6.07) is 25.7. The van der Waals surface area contributed by atoms with Gasteiger partial charge in [-0.15, -0.1) is 0 Å². The van der Waals surface area contributed by atoms with Gasteiger partial charge >= 0.3 is 189 Å². The van der Waals surface area contributed by atoms with Gasteiger partial charge in [0.15, 0.2) is 0 Å². The number of non-ortho nitro benzene ring substituents is 1. The topological polar surface area (TPSA) is 122 Å². The molecule has 1 amide bonds. The Morgan fingerprint density at radius 2 is 1.33 bits per heavy atom. The van der Waals surface area contributed by atoms with Gasteiger partial charge < -0.3 is 15.5 Å². The van der Waals surface area contributed by atoms with Gasteiger partial charge in [-0.3, -0.25) is 14.9 Å². The number of amides is 1. The minimum absolute atomic E-state index is 0.0892. The Labute approximate surface area is 278 Å². The number of nitrogens with zero attached hydrogens (tertiary/aromatic N) is 1. The first-order chi connectivity index (χ1) is 22.2. The van der Waals surface area contributed by atoms with E-state index in [0.717, 1.165) is 57.3 Å². The zero-order valence-electron chi connectivity index (χ0n) is 26.9. The number of carbonyl (C=O) groups excluding carboxylic acids is 1. The van der Waals surface area contributed by atoms with E-state index in [9.17, 15) is 25.1 Å². The molecule has 2 atom stereocenters. The van der Waals surface area contributed by atoms with Crippen LogP contribution in [0.25, 0.3) is 0 Å². The first-order valence-corrected chi connectivity index (χ1v) is 19.9. The van der Waals surface area contributed by atoms with Crippen LogP contribution in [-0.4, -0.2) is 59.7 Å². The Morgan fingerprint density at radius 3 is 1.80 bits per heavy atom. The first-order valence-electron chi connectivity index (χ1n) is 16.4. The van der Waals surface area contributed by atoms with Crippen molar-refractivity contribution in [1.82, 2.24) is 5.32 Å². The maximum absolute atomic E-state index is 12.4. The molecule has 0 aliphatic carbocycles. The van der Waals surface area contributed by atoms with Crippen molar-refractivity contribution in [3.05, 3.63) is 101 Å². The number of methoxy groups -OCH3 is 1. The Balaban J connectivity index is 1.35. The molecule has 3 aromatic carbocycles. The number of ether oxygens (including phenoxy) is 1. The number of benzene rings is 3. The summed E-state index contributed by atoms with van der Waals surface area (Å²) in [5, 5.41) is 36.2. The molecular formula is C36H50ClN2O6P. The van der Waals surface area contributed by atoms with Gasteiger partial charge in [0.2, 0.25) is 0 Å². The number of carbonyl (C=O) groups is 1. The van der Waals surface area contributed by atoms with Crippen LogP contribution in [-0.2, 0) is 9.53 Å². The number of nitro benzene ring substituents is 1. The summed E-state index contributed by atoms with van der Waals surface area (Å²) in [5.41, 5.74) is 0.306. The minimum atomic E-state index is -2.95. The van der Waals surface area contributed by atoms with Crippen LogP contribution in [0.3, 0.4) is 0 Å². The van der Waals surface area contributed by atoms with E-state index in [4.69, 9.17) is 16.0 Å². The SMILES string of the molecule is COCCP(Cl)(CCCCCCCCCCCC(=O)N[C@H](CO)[C@H](O)c1ccc([N+](=O)[O-])cc1)(c1ccccc1)c1ccccc1. The van der Waals surface area contributed by atoms with Crippen molar-refractivity contribution in [3.63, 3.8) is 0 Å². The second kappa shape index (κ2) is 19.1. The first kappa shape index (κ1) is 37.6. The predicted molar refractivity (Wildman–Crippen MR) is 190 cm³/mol. The summed E-state index contributed by atoms with van der Waals surface area (Å²) in [4.78, 5) is 22.7. The zero-order chi connectivity index (χ0) is 33.3. The molecule has 10 heteroatoms. The summed E-state index contributed by atoms with van der Waals surface area (Å²) in [7, 11) is 1.74. The molecule has 0 fully saturated rings. The molecular weight excluding hydrogens is 623 g/mol. The number of hydrogen-bond donors (Lipinski definition) is 3. The molecule has 3 rings (SSSR count). The standard InChI is InChI=1S/C36H50ClN2O6P/c1-45-26-28-46(37,32-17-11-9-12-18-32,33-19-13-10-14-20-33)27-16-8-6-4-2-3-5-7-15-21-35(41)38-34(29-40)36(42)30-22-24-31(25-23-30)39(43)44/h9-14,17-20,22-25,34,36,40,42H,2-8,15-16,21,26-29H2,1H3,(H,38,41)/t34-,36-/m1/s1. The van der Waals surface area contributed by atoms with Crippen LogP contribution in [0.2, 0.25) is 0 Å². The van der Waals surface area contributed by atoms with Crippen molar-refractivity contribution in [3.8, 4) is 0 Å². The van der Waals surface area contributed by atoms with Gasteiger partial charge in [-0.25, -0.2) is 0 Å². The molecule has 0 saturated carbocycles. The molecule has 0 spiro atoms. The molecule has 3 aromatic rings. The van der Waals surface area contributed by atoms with E-state index in [-0.39, 0.29) is 11.6 Å². The van der Waals surface area contributed by atoms with Gasteiger partial charge in [-0.05, 0) is 17.7 Å². The van der Waals surface area contributed by atoms with Gasteiger partial charge in [0.1, 0.15) is 6.10 Å². The maximum atomic E-state index is 12.4. The number of rotatable bonds is 22. The van der Waals surface area contributed by atoms with Gasteiger partial charge in [0, 0.05) is 12.1 Å². The van der Waals surface area contributed by atoms with E-state index in [2.05, 4.69) is 53.8 Å². The number of hydrogen-bond acceptors (Lipinski definition) is 6. The second-order valence-electron chi connectivity index (χ2n) is 12.1. The fraction of sp³-hybridized carbons (Fsp3) is 0.472. The number of nitrogens with one attached hydrogen (secondary N) is 1. The van der Waals surface area contributed by atoms with Gasteiger partial charge in [-0.1, -0.05) is 0 Å². The van der Waals surface area contributed by atoms with E-state index in [0.29, 0.717) is 18.6 Å². The molecule has 252 valence electrons. The van der Waals surface area contributed by atoms with Crippen LogP contribution >= 0.6 is 17.2 Å². The fourth-order valence-corrected chi connectivity index (χ4v) is 12.0. The number of aliphatic hydroxyl groups is 2. The molecule has 0 bridgehead atoms. The third kappa shape index (κ3) is 10.6. The molecule has 46 heavy (non-hydrogen) atoms.